The minimum absolute atomic E-state index is 0.325. The van der Waals surface area contributed by atoms with Crippen LogP contribution in [-0.2, 0) is 4.74 Å². The summed E-state index contributed by atoms with van der Waals surface area (Å²) in [4.78, 5) is 0. The standard InChI is InChI=1S/C10H11FO/c11-9-12-8-4-7-10-5-2-1-3-6-10/h1-7H,8-9H2/b7-4+. The smallest absolute Gasteiger partial charge is 0.188 e. The van der Waals surface area contributed by atoms with Gasteiger partial charge in [0.1, 0.15) is 0 Å². The molecule has 0 saturated carbocycles. The SMILES string of the molecule is FCOC/C=C/c1ccccc1. The lowest BCUT2D eigenvalue weighted by atomic mass is 10.2. The van der Waals surface area contributed by atoms with Crippen molar-refractivity contribution in [3.8, 4) is 0 Å². The Morgan fingerprint density at radius 2 is 2.00 bits per heavy atom. The lowest BCUT2D eigenvalue weighted by Gasteiger charge is -1.92. The fourth-order valence-corrected chi connectivity index (χ4v) is 0.861. The first kappa shape index (κ1) is 8.94. The van der Waals surface area contributed by atoms with Crippen LogP contribution in [0.2, 0.25) is 0 Å². The second-order valence-electron chi connectivity index (χ2n) is 2.29. The minimum atomic E-state index is -0.723. The zero-order valence-electron chi connectivity index (χ0n) is 6.74. The summed E-state index contributed by atoms with van der Waals surface area (Å²) in [7, 11) is 0. The van der Waals surface area contributed by atoms with Gasteiger partial charge in [-0.3, -0.25) is 0 Å². The van der Waals surface area contributed by atoms with Gasteiger partial charge in [-0.2, -0.15) is 0 Å². The van der Waals surface area contributed by atoms with E-state index in [1.165, 1.54) is 0 Å². The molecule has 0 aliphatic heterocycles. The number of ether oxygens (including phenoxy) is 1. The van der Waals surface area contributed by atoms with Gasteiger partial charge in [-0.05, 0) is 5.56 Å². The van der Waals surface area contributed by atoms with Crippen molar-refractivity contribution in [3.05, 3.63) is 42.0 Å². The highest BCUT2D eigenvalue weighted by Crippen LogP contribution is 2.00. The van der Waals surface area contributed by atoms with Crippen molar-refractivity contribution in [2.24, 2.45) is 0 Å². The Hall–Kier alpha value is -1.15. The van der Waals surface area contributed by atoms with Crippen LogP contribution in [0.3, 0.4) is 0 Å². The first-order valence-corrected chi connectivity index (χ1v) is 3.79. The highest BCUT2D eigenvalue weighted by Gasteiger charge is 1.82. The average molecular weight is 166 g/mol. The monoisotopic (exact) mass is 166 g/mol. The summed E-state index contributed by atoms with van der Waals surface area (Å²) in [6.45, 7) is -0.398. The molecular formula is C10H11FO. The molecule has 0 aliphatic carbocycles. The third-order valence-corrected chi connectivity index (χ3v) is 1.40. The summed E-state index contributed by atoms with van der Waals surface area (Å²) in [5, 5.41) is 0. The molecule has 0 atom stereocenters. The van der Waals surface area contributed by atoms with E-state index in [4.69, 9.17) is 0 Å². The van der Waals surface area contributed by atoms with E-state index < -0.39 is 6.86 Å². The van der Waals surface area contributed by atoms with E-state index in [0.29, 0.717) is 6.61 Å². The van der Waals surface area contributed by atoms with Crippen LogP contribution in [0.1, 0.15) is 5.56 Å². The van der Waals surface area contributed by atoms with E-state index >= 15 is 0 Å². The van der Waals surface area contributed by atoms with E-state index in [2.05, 4.69) is 4.74 Å². The molecule has 2 heteroatoms. The van der Waals surface area contributed by atoms with Crippen molar-refractivity contribution in [1.29, 1.82) is 0 Å². The third kappa shape index (κ3) is 3.30. The molecule has 1 rings (SSSR count). The summed E-state index contributed by atoms with van der Waals surface area (Å²) in [6.07, 6.45) is 3.69. The van der Waals surface area contributed by atoms with Gasteiger partial charge in [-0.15, -0.1) is 0 Å². The summed E-state index contributed by atoms with van der Waals surface area (Å²) >= 11 is 0. The topological polar surface area (TPSA) is 9.23 Å². The van der Waals surface area contributed by atoms with E-state index in [0.717, 1.165) is 5.56 Å². The molecule has 1 aromatic rings. The molecule has 0 N–H and O–H groups in total. The first-order valence-electron chi connectivity index (χ1n) is 3.79. The number of benzene rings is 1. The molecule has 0 aliphatic rings. The van der Waals surface area contributed by atoms with Crippen LogP contribution in [0.25, 0.3) is 6.08 Å². The molecule has 12 heavy (non-hydrogen) atoms. The molecule has 0 heterocycles. The van der Waals surface area contributed by atoms with Crippen LogP contribution in [0, 0.1) is 0 Å². The molecule has 0 fully saturated rings. The second-order valence-corrected chi connectivity index (χ2v) is 2.29. The summed E-state index contributed by atoms with van der Waals surface area (Å²) in [6, 6.07) is 9.82. The highest BCUT2D eigenvalue weighted by molar-refractivity contribution is 5.48. The van der Waals surface area contributed by atoms with Gasteiger partial charge in [0, 0.05) is 0 Å². The lowest BCUT2D eigenvalue weighted by molar-refractivity contribution is 0.0780. The van der Waals surface area contributed by atoms with Crippen LogP contribution in [0.5, 0.6) is 0 Å². The van der Waals surface area contributed by atoms with Gasteiger partial charge in [0.05, 0.1) is 6.61 Å². The van der Waals surface area contributed by atoms with E-state index in [1.54, 1.807) is 6.08 Å². The van der Waals surface area contributed by atoms with Crippen molar-refractivity contribution < 1.29 is 9.13 Å². The largest absolute Gasteiger partial charge is 0.346 e. The predicted molar refractivity (Wildman–Crippen MR) is 47.4 cm³/mol. The van der Waals surface area contributed by atoms with Gasteiger partial charge in [-0.25, -0.2) is 4.39 Å². The highest BCUT2D eigenvalue weighted by atomic mass is 19.1. The Balaban J connectivity index is 2.36. The number of halogens is 1. The molecule has 0 saturated heterocycles. The number of alkyl halides is 1. The number of rotatable bonds is 4. The first-order chi connectivity index (χ1) is 5.93. The van der Waals surface area contributed by atoms with E-state index in [9.17, 15) is 4.39 Å². The van der Waals surface area contributed by atoms with Crippen LogP contribution in [0.15, 0.2) is 36.4 Å². The second kappa shape index (κ2) is 5.49. The fraction of sp³-hybridized carbons (Fsp3) is 0.200. The Morgan fingerprint density at radius 3 is 2.67 bits per heavy atom. The molecule has 1 nitrogen and oxygen atoms in total. The van der Waals surface area contributed by atoms with Gasteiger partial charge in [0.25, 0.3) is 0 Å². The van der Waals surface area contributed by atoms with Gasteiger partial charge in [0.2, 0.25) is 0 Å². The molecule has 0 aromatic heterocycles. The Kier molecular flexibility index (Phi) is 4.09. The van der Waals surface area contributed by atoms with Crippen LogP contribution in [0.4, 0.5) is 4.39 Å². The maximum Gasteiger partial charge on any atom is 0.188 e. The molecule has 1 aromatic carbocycles. The zero-order chi connectivity index (χ0) is 8.65. The van der Waals surface area contributed by atoms with Crippen LogP contribution in [-0.4, -0.2) is 13.5 Å². The molecule has 64 valence electrons. The molecule has 0 radical (unpaired) electrons. The molecule has 0 amide bonds. The summed E-state index contributed by atoms with van der Waals surface area (Å²) in [5.41, 5.74) is 1.10. The van der Waals surface area contributed by atoms with Gasteiger partial charge in [0.15, 0.2) is 6.86 Å². The zero-order valence-corrected chi connectivity index (χ0v) is 6.74. The Labute approximate surface area is 71.5 Å². The summed E-state index contributed by atoms with van der Waals surface area (Å²) < 4.78 is 16.0. The van der Waals surface area contributed by atoms with Crippen molar-refractivity contribution in [2.75, 3.05) is 13.5 Å². The van der Waals surface area contributed by atoms with Crippen molar-refractivity contribution in [2.45, 2.75) is 0 Å². The maximum absolute atomic E-state index is 11.5. The Morgan fingerprint density at radius 1 is 1.25 bits per heavy atom. The van der Waals surface area contributed by atoms with Crippen LogP contribution < -0.4 is 0 Å². The predicted octanol–water partition coefficient (Wildman–Crippen LogP) is 2.64. The number of hydrogen-bond donors (Lipinski definition) is 0. The summed E-state index contributed by atoms with van der Waals surface area (Å²) in [5.74, 6) is 0. The minimum Gasteiger partial charge on any atom is -0.346 e. The van der Waals surface area contributed by atoms with Gasteiger partial charge >= 0.3 is 0 Å². The lowest BCUT2D eigenvalue weighted by Crippen LogP contribution is -1.86. The molecule has 0 spiro atoms. The maximum atomic E-state index is 11.5. The van der Waals surface area contributed by atoms with Crippen LogP contribution >= 0.6 is 0 Å². The van der Waals surface area contributed by atoms with E-state index in [1.807, 2.05) is 36.4 Å². The average Bonchev–Trinajstić information content (AvgIpc) is 2.14. The Bertz CT molecular complexity index is 231. The molecule has 0 unspecified atom stereocenters. The quantitative estimate of drug-likeness (QED) is 0.625. The van der Waals surface area contributed by atoms with Crippen molar-refractivity contribution in [1.82, 2.24) is 0 Å². The van der Waals surface area contributed by atoms with Crippen molar-refractivity contribution in [3.63, 3.8) is 0 Å². The normalized spacial score (nSPS) is 10.8. The van der Waals surface area contributed by atoms with Crippen molar-refractivity contribution >= 4 is 6.08 Å². The molecule has 0 bridgehead atoms. The van der Waals surface area contributed by atoms with Gasteiger partial charge < -0.3 is 4.74 Å². The fourth-order valence-electron chi connectivity index (χ4n) is 0.861. The third-order valence-electron chi connectivity index (χ3n) is 1.40. The van der Waals surface area contributed by atoms with Gasteiger partial charge in [-0.1, -0.05) is 42.5 Å². The van der Waals surface area contributed by atoms with E-state index in [-0.39, 0.29) is 0 Å². The molecular weight excluding hydrogens is 155 g/mol. The number of hydrogen-bond acceptors (Lipinski definition) is 1.